The lowest BCUT2D eigenvalue weighted by atomic mass is 10.2. The van der Waals surface area contributed by atoms with E-state index in [0.29, 0.717) is 10.8 Å². The summed E-state index contributed by atoms with van der Waals surface area (Å²) >= 11 is 0. The van der Waals surface area contributed by atoms with Crippen LogP contribution in [0.25, 0.3) is 10.8 Å². The molecule has 1 aromatic heterocycles. The fourth-order valence-corrected chi connectivity index (χ4v) is 3.34. The van der Waals surface area contributed by atoms with E-state index in [1.54, 1.807) is 20.8 Å². The number of aromatic hydroxyl groups is 1. The van der Waals surface area contributed by atoms with Crippen molar-refractivity contribution in [1.82, 2.24) is 4.57 Å². The third kappa shape index (κ3) is 3.88. The molecule has 2 rings (SSSR count). The lowest BCUT2D eigenvalue weighted by Crippen LogP contribution is -2.26. The van der Waals surface area contributed by atoms with Gasteiger partial charge < -0.3 is 14.6 Å². The first-order chi connectivity index (χ1) is 11.0. The molecule has 0 bridgehead atoms. The Morgan fingerprint density at radius 1 is 1.29 bits per heavy atom. The van der Waals surface area contributed by atoms with E-state index >= 15 is 0 Å². The summed E-state index contributed by atoms with van der Waals surface area (Å²) in [5.41, 5.74) is -0.714. The molecule has 0 saturated heterocycles. The van der Waals surface area contributed by atoms with Gasteiger partial charge in [-0.2, -0.15) is 0 Å². The molecule has 0 aliphatic carbocycles. The summed E-state index contributed by atoms with van der Waals surface area (Å²) in [7, 11) is -2.07. The highest BCUT2D eigenvalue weighted by Gasteiger charge is 2.22. The Labute approximate surface area is 140 Å². The second kappa shape index (κ2) is 6.45. The van der Waals surface area contributed by atoms with Gasteiger partial charge in [-0.15, -0.1) is 0 Å². The zero-order chi connectivity index (χ0) is 18.1. The second-order valence-electron chi connectivity index (χ2n) is 6.36. The van der Waals surface area contributed by atoms with Gasteiger partial charge in [0.25, 0.3) is 0 Å². The number of methoxy groups -OCH3 is 1. The SMILES string of the molecule is COCCS(=O)(=O)c1ccc2c(O)n(C(=O)OC(C)(C)C)cc2c1. The van der Waals surface area contributed by atoms with E-state index in [0.717, 1.165) is 4.57 Å². The van der Waals surface area contributed by atoms with Crippen molar-refractivity contribution in [3.8, 4) is 5.88 Å². The molecule has 0 aliphatic heterocycles. The lowest BCUT2D eigenvalue weighted by molar-refractivity contribution is 0.0526. The monoisotopic (exact) mass is 355 g/mol. The molecule has 0 atom stereocenters. The van der Waals surface area contributed by atoms with Gasteiger partial charge in [0.1, 0.15) is 5.60 Å². The number of hydrogen-bond acceptors (Lipinski definition) is 6. The molecule has 0 aliphatic rings. The van der Waals surface area contributed by atoms with Crippen LogP contribution in [0.15, 0.2) is 29.3 Å². The lowest BCUT2D eigenvalue weighted by Gasteiger charge is -2.19. The van der Waals surface area contributed by atoms with Crippen molar-refractivity contribution in [3.05, 3.63) is 24.4 Å². The van der Waals surface area contributed by atoms with Crippen LogP contribution in [-0.4, -0.2) is 49.3 Å². The summed E-state index contributed by atoms with van der Waals surface area (Å²) in [5, 5.41) is 11.0. The maximum atomic E-state index is 12.2. The molecule has 0 radical (unpaired) electrons. The number of rotatable bonds is 4. The molecule has 0 saturated carbocycles. The molecule has 1 heterocycles. The number of ether oxygens (including phenoxy) is 2. The minimum Gasteiger partial charge on any atom is -0.494 e. The standard InChI is InChI=1S/C16H21NO6S/c1-16(2,3)23-15(19)17-10-11-9-12(5-6-13(11)14(17)18)24(20,21)8-7-22-4/h5-6,9-10,18H,7-8H2,1-4H3. The Kier molecular flexibility index (Phi) is 4.91. The van der Waals surface area contributed by atoms with Crippen LogP contribution >= 0.6 is 0 Å². The number of hydrogen-bond donors (Lipinski definition) is 1. The molecule has 1 N–H and O–H groups in total. The highest BCUT2D eigenvalue weighted by atomic mass is 32.2. The molecular weight excluding hydrogens is 334 g/mol. The van der Waals surface area contributed by atoms with Crippen LogP contribution in [0.5, 0.6) is 5.88 Å². The van der Waals surface area contributed by atoms with E-state index in [4.69, 9.17) is 9.47 Å². The minimum absolute atomic E-state index is 0.0878. The third-order valence-electron chi connectivity index (χ3n) is 3.27. The van der Waals surface area contributed by atoms with Crippen LogP contribution in [0.2, 0.25) is 0 Å². The summed E-state index contributed by atoms with van der Waals surface area (Å²) in [6, 6.07) is 4.28. The Morgan fingerprint density at radius 2 is 1.96 bits per heavy atom. The van der Waals surface area contributed by atoms with Gasteiger partial charge >= 0.3 is 6.09 Å². The minimum atomic E-state index is -3.50. The molecule has 1 aromatic carbocycles. The van der Waals surface area contributed by atoms with Crippen molar-refractivity contribution in [1.29, 1.82) is 0 Å². The molecule has 2 aromatic rings. The van der Waals surface area contributed by atoms with E-state index in [9.17, 15) is 18.3 Å². The predicted molar refractivity (Wildman–Crippen MR) is 89.2 cm³/mol. The fourth-order valence-electron chi connectivity index (χ4n) is 2.14. The van der Waals surface area contributed by atoms with Gasteiger partial charge in [0.15, 0.2) is 9.84 Å². The smallest absolute Gasteiger partial charge is 0.421 e. The van der Waals surface area contributed by atoms with Gasteiger partial charge in [-0.3, -0.25) is 0 Å². The number of fused-ring (bicyclic) bond motifs is 1. The molecular formula is C16H21NO6S. The predicted octanol–water partition coefficient (Wildman–Crippen LogP) is 2.55. The summed E-state index contributed by atoms with van der Waals surface area (Å²) < 4.78 is 35.4. The summed E-state index contributed by atoms with van der Waals surface area (Å²) in [5.74, 6) is -0.437. The maximum Gasteiger partial charge on any atom is 0.421 e. The molecule has 8 heteroatoms. The topological polar surface area (TPSA) is 94.8 Å². The Morgan fingerprint density at radius 3 is 2.54 bits per heavy atom. The van der Waals surface area contributed by atoms with Crippen molar-refractivity contribution in [2.75, 3.05) is 19.5 Å². The normalized spacial score (nSPS) is 12.5. The van der Waals surface area contributed by atoms with Crippen LogP contribution < -0.4 is 0 Å². The Bertz CT molecular complexity index is 861. The molecule has 0 fully saturated rings. The second-order valence-corrected chi connectivity index (χ2v) is 8.47. The van der Waals surface area contributed by atoms with E-state index < -0.39 is 21.5 Å². The molecule has 7 nitrogen and oxygen atoms in total. The summed E-state index contributed by atoms with van der Waals surface area (Å²) in [6.07, 6.45) is 0.619. The van der Waals surface area contributed by atoms with Crippen LogP contribution in [-0.2, 0) is 19.3 Å². The number of nitrogens with zero attached hydrogens (tertiary/aromatic N) is 1. The molecule has 0 spiro atoms. The largest absolute Gasteiger partial charge is 0.494 e. The Balaban J connectivity index is 2.43. The van der Waals surface area contributed by atoms with Crippen LogP contribution in [0.3, 0.4) is 0 Å². The van der Waals surface area contributed by atoms with Crippen molar-refractivity contribution in [3.63, 3.8) is 0 Å². The summed E-state index contributed by atoms with van der Waals surface area (Å²) in [4.78, 5) is 12.2. The fraction of sp³-hybridized carbons (Fsp3) is 0.438. The number of carbonyl (C=O) groups excluding carboxylic acids is 1. The van der Waals surface area contributed by atoms with Crippen molar-refractivity contribution in [2.45, 2.75) is 31.3 Å². The van der Waals surface area contributed by atoms with Crippen LogP contribution in [0.4, 0.5) is 4.79 Å². The number of aromatic nitrogens is 1. The van der Waals surface area contributed by atoms with Crippen molar-refractivity contribution >= 4 is 26.7 Å². The van der Waals surface area contributed by atoms with E-state index in [2.05, 4.69) is 0 Å². The van der Waals surface area contributed by atoms with E-state index in [1.165, 1.54) is 31.5 Å². The van der Waals surface area contributed by atoms with Crippen LogP contribution in [0, 0.1) is 0 Å². The number of carbonyl (C=O) groups is 1. The van der Waals surface area contributed by atoms with E-state index in [-0.39, 0.29) is 23.1 Å². The average molecular weight is 355 g/mol. The molecule has 0 amide bonds. The van der Waals surface area contributed by atoms with Gasteiger partial charge in [0, 0.05) is 24.1 Å². The van der Waals surface area contributed by atoms with Crippen molar-refractivity contribution < 1.29 is 27.8 Å². The highest BCUT2D eigenvalue weighted by molar-refractivity contribution is 7.91. The number of sulfone groups is 1. The maximum absolute atomic E-state index is 12.2. The van der Waals surface area contributed by atoms with Crippen molar-refractivity contribution in [2.24, 2.45) is 0 Å². The number of benzene rings is 1. The van der Waals surface area contributed by atoms with E-state index in [1.807, 2.05) is 0 Å². The molecule has 24 heavy (non-hydrogen) atoms. The Hall–Kier alpha value is -2.06. The first-order valence-corrected chi connectivity index (χ1v) is 8.99. The summed E-state index contributed by atoms with van der Waals surface area (Å²) in [6.45, 7) is 5.23. The molecule has 0 unspecified atom stereocenters. The van der Waals surface area contributed by atoms with Gasteiger partial charge in [-0.1, -0.05) is 0 Å². The first kappa shape index (κ1) is 18.3. The quantitative estimate of drug-likeness (QED) is 0.906. The third-order valence-corrected chi connectivity index (χ3v) is 4.94. The zero-order valence-electron chi connectivity index (χ0n) is 14.1. The zero-order valence-corrected chi connectivity index (χ0v) is 14.9. The average Bonchev–Trinajstić information content (AvgIpc) is 2.80. The van der Waals surface area contributed by atoms with Gasteiger partial charge in [-0.25, -0.2) is 17.8 Å². The van der Waals surface area contributed by atoms with Gasteiger partial charge in [0.2, 0.25) is 5.88 Å². The first-order valence-electron chi connectivity index (χ1n) is 7.34. The highest BCUT2D eigenvalue weighted by Crippen LogP contribution is 2.30. The van der Waals surface area contributed by atoms with Gasteiger partial charge in [-0.05, 0) is 39.0 Å². The molecule has 132 valence electrons. The van der Waals surface area contributed by atoms with Crippen LogP contribution in [0.1, 0.15) is 20.8 Å². The van der Waals surface area contributed by atoms with Gasteiger partial charge in [0.05, 0.1) is 17.3 Å².